The number of aliphatic carboxylic acids is 3. The molecule has 0 unspecified atom stereocenters. The van der Waals surface area contributed by atoms with Gasteiger partial charge in [0.05, 0.1) is 5.97 Å². The van der Waals surface area contributed by atoms with Crippen molar-refractivity contribution in [3.05, 3.63) is 0 Å². The molecule has 0 radical (unpaired) electrons. The summed E-state index contributed by atoms with van der Waals surface area (Å²) in [5.41, 5.74) is -2.97. The maximum atomic E-state index is 10.1. The maximum Gasteiger partial charge on any atom is 4.00 e. The van der Waals surface area contributed by atoms with Gasteiger partial charge in [0.1, 0.15) is 5.60 Å². The Morgan fingerprint density at radius 3 is 1.24 bits per heavy atom. The largest absolute Gasteiger partial charge is 4.00 e. The van der Waals surface area contributed by atoms with Crippen LogP contribution in [0.4, 0.5) is 0 Å². The van der Waals surface area contributed by atoms with Crippen LogP contribution in [0.5, 0.6) is 0 Å². The Morgan fingerprint density at radius 1 is 0.882 bits per heavy atom. The Labute approximate surface area is 240 Å². The summed E-state index contributed by atoms with van der Waals surface area (Å²) in [4.78, 5) is 30.0. The van der Waals surface area contributed by atoms with Crippen LogP contribution in [-0.4, -0.2) is 28.6 Å². The van der Waals surface area contributed by atoms with E-state index < -0.39 is 36.4 Å². The van der Waals surface area contributed by atoms with E-state index in [0.717, 1.165) is 0 Å². The Morgan fingerprint density at radius 2 is 1.12 bits per heavy atom. The van der Waals surface area contributed by atoms with Gasteiger partial charge in [0.15, 0.2) is 0 Å². The molecule has 0 aliphatic heterocycles. The molecule has 1 N–H and O–H groups in total. The first-order valence-electron chi connectivity index (χ1n) is 3.11. The zero-order valence-electron chi connectivity index (χ0n) is 9.81. The number of carbonyl (C=O) groups excluding carboxylic acids is 3. The third kappa shape index (κ3) is 16.2. The number of hydrogen-bond acceptors (Lipinski definition) is 7. The fourth-order valence-electron chi connectivity index (χ4n) is 0.684. The van der Waals surface area contributed by atoms with Crippen molar-refractivity contribution in [2.45, 2.75) is 18.4 Å². The molecule has 0 bridgehead atoms. The summed E-state index contributed by atoms with van der Waals surface area (Å²) in [5.74, 6) is -5.98. The minimum atomic E-state index is -2.97. The first-order chi connectivity index (χ1) is 5.78. The molecule has 17 heavy (non-hydrogen) atoms. The Hall–Kier alpha value is 3.99. The number of carboxylic acids is 3. The van der Waals surface area contributed by atoms with Crippen molar-refractivity contribution in [3.63, 3.8) is 0 Å². The average Bonchev–Trinajstić information content (AvgIpc) is 1.82. The number of aliphatic hydroxyl groups is 1. The topological polar surface area (TPSA) is 141 Å². The van der Waals surface area contributed by atoms with E-state index in [1.807, 2.05) is 0 Å². The number of hydrogen-bond donors (Lipinski definition) is 1. The first kappa shape index (κ1) is 32.8. The van der Waals surface area contributed by atoms with E-state index in [9.17, 15) is 29.7 Å². The Bertz CT molecular complexity index is 244. The molecule has 0 fully saturated rings. The monoisotopic (exact) mass is 354 g/mol. The van der Waals surface area contributed by atoms with Crippen LogP contribution in [-0.2, 0) is 36.1 Å². The van der Waals surface area contributed by atoms with E-state index in [-0.39, 0.29) is 176 Å². The van der Waals surface area contributed by atoms with Gasteiger partial charge in [0.25, 0.3) is 0 Å². The van der Waals surface area contributed by atoms with Crippen LogP contribution in [0.1, 0.15) is 12.8 Å². The maximum absolute atomic E-state index is 10.1. The zero-order chi connectivity index (χ0) is 10.6. The molecule has 0 rings (SSSR count). The summed E-state index contributed by atoms with van der Waals surface area (Å²) in [6.07, 6.45) is -2.72. The summed E-state index contributed by atoms with van der Waals surface area (Å²) < 4.78 is 0. The SMILES string of the molecule is O=C([O-])CC(O)(CC(=O)[O-])C(=O)[O-].[K+].[K+].[K+].[Ti+4]. The molecule has 74 valence electrons. The van der Waals surface area contributed by atoms with Crippen molar-refractivity contribution in [1.82, 2.24) is 0 Å². The van der Waals surface area contributed by atoms with Crippen LogP contribution in [0.2, 0.25) is 0 Å². The smallest absolute Gasteiger partial charge is 0.550 e. The molecule has 7 nitrogen and oxygen atoms in total. The molecule has 0 saturated carbocycles. The van der Waals surface area contributed by atoms with E-state index >= 15 is 0 Å². The van der Waals surface area contributed by atoms with Gasteiger partial charge in [-0.15, -0.1) is 0 Å². The fraction of sp³-hybridized carbons (Fsp3) is 0.500. The molecule has 11 heteroatoms. The predicted octanol–water partition coefficient (Wildman–Crippen LogP) is -14.2. The minimum absolute atomic E-state index is 0. The van der Waals surface area contributed by atoms with Crippen LogP contribution in [0, 0.1) is 0 Å². The Balaban J connectivity index is -0.000000120. The third-order valence-corrected chi connectivity index (χ3v) is 1.25. The van der Waals surface area contributed by atoms with E-state index in [1.165, 1.54) is 0 Å². The van der Waals surface area contributed by atoms with Crippen molar-refractivity contribution >= 4 is 17.9 Å². The van der Waals surface area contributed by atoms with Crippen molar-refractivity contribution in [3.8, 4) is 0 Å². The van der Waals surface area contributed by atoms with E-state index in [2.05, 4.69) is 0 Å². The van der Waals surface area contributed by atoms with Crippen molar-refractivity contribution in [2.75, 3.05) is 0 Å². The van der Waals surface area contributed by atoms with Gasteiger partial charge in [0.2, 0.25) is 0 Å². The van der Waals surface area contributed by atoms with Gasteiger partial charge in [0, 0.05) is 24.8 Å². The van der Waals surface area contributed by atoms with E-state index in [1.54, 1.807) is 0 Å². The number of carbonyl (C=O) groups is 3. The van der Waals surface area contributed by atoms with Gasteiger partial charge in [-0.05, 0) is 0 Å². The fourth-order valence-corrected chi connectivity index (χ4v) is 0.684. The molecule has 0 atom stereocenters. The predicted molar refractivity (Wildman–Crippen MR) is 29.2 cm³/mol. The molecular formula is C6H5K3O7Ti+4. The molecule has 0 amide bonds. The molecule has 0 aromatic carbocycles. The van der Waals surface area contributed by atoms with Crippen LogP contribution in [0.3, 0.4) is 0 Å². The van der Waals surface area contributed by atoms with Gasteiger partial charge in [-0.2, -0.15) is 0 Å². The molecule has 0 aromatic rings. The van der Waals surface area contributed by atoms with Crippen LogP contribution < -0.4 is 169 Å². The summed E-state index contributed by atoms with van der Waals surface area (Å²) in [7, 11) is 0. The van der Waals surface area contributed by atoms with Gasteiger partial charge >= 0.3 is 176 Å². The summed E-state index contributed by atoms with van der Waals surface area (Å²) in [6.45, 7) is 0. The zero-order valence-corrected chi connectivity index (χ0v) is 20.7. The first-order valence-corrected chi connectivity index (χ1v) is 3.11. The number of rotatable bonds is 5. The summed E-state index contributed by atoms with van der Waals surface area (Å²) >= 11 is 0. The second-order valence-corrected chi connectivity index (χ2v) is 2.42. The molecule has 0 spiro atoms. The Kier molecular flexibility index (Phi) is 31.6. The standard InChI is InChI=1S/C6H8O7.3K.Ti/c7-3(8)1-6(13,5(11)12)2-4(9)10;;;;/h13H,1-2H2,(H,7,8)(H,9,10)(H,11,12);;;;/q;3*+1;+4/p-3. The summed E-state index contributed by atoms with van der Waals surface area (Å²) in [6, 6.07) is 0. The normalized spacial score (nSPS) is 8.29. The quantitative estimate of drug-likeness (QED) is 0.483. The van der Waals surface area contributed by atoms with Crippen LogP contribution in [0.15, 0.2) is 0 Å². The third-order valence-electron chi connectivity index (χ3n) is 1.25. The second-order valence-electron chi connectivity index (χ2n) is 2.42. The van der Waals surface area contributed by atoms with Crippen molar-refractivity contribution in [2.24, 2.45) is 0 Å². The van der Waals surface area contributed by atoms with Gasteiger partial charge in [-0.1, -0.05) is 0 Å². The molecule has 0 aromatic heterocycles. The van der Waals surface area contributed by atoms with Crippen molar-refractivity contribution < 1.29 is 211 Å². The van der Waals surface area contributed by atoms with Gasteiger partial charge < -0.3 is 34.8 Å². The van der Waals surface area contributed by atoms with Crippen LogP contribution >= 0.6 is 0 Å². The second kappa shape index (κ2) is 16.4. The molecule has 0 heterocycles. The van der Waals surface area contributed by atoms with Crippen LogP contribution in [0.25, 0.3) is 0 Å². The van der Waals surface area contributed by atoms with Crippen molar-refractivity contribution in [1.29, 1.82) is 0 Å². The molecular weight excluding hydrogens is 349 g/mol. The summed E-state index contributed by atoms with van der Waals surface area (Å²) in [5, 5.41) is 38.9. The number of carboxylic acid groups (broad SMARTS) is 3. The van der Waals surface area contributed by atoms with Gasteiger partial charge in [-0.3, -0.25) is 0 Å². The minimum Gasteiger partial charge on any atom is -0.550 e. The van der Waals surface area contributed by atoms with E-state index in [4.69, 9.17) is 5.11 Å². The molecule has 0 aliphatic carbocycles. The molecule has 0 aliphatic rings. The molecule has 0 saturated heterocycles. The van der Waals surface area contributed by atoms with Gasteiger partial charge in [-0.25, -0.2) is 0 Å². The average molecular weight is 354 g/mol. The van der Waals surface area contributed by atoms with E-state index in [0.29, 0.717) is 0 Å².